The first kappa shape index (κ1) is 44.4. The van der Waals surface area contributed by atoms with Crippen LogP contribution in [0.2, 0.25) is 19.6 Å². The van der Waals surface area contributed by atoms with Crippen LogP contribution in [0.15, 0.2) is 83.6 Å². The fourth-order valence-corrected chi connectivity index (χ4v) is 7.13. The van der Waals surface area contributed by atoms with E-state index >= 15 is 0 Å². The van der Waals surface area contributed by atoms with Gasteiger partial charge in [0.05, 0.1) is 0 Å². The molecular formula is C39H48Cl2F3SiZr-3. The van der Waals surface area contributed by atoms with Gasteiger partial charge in [0.2, 0.25) is 0 Å². The zero-order chi connectivity index (χ0) is 33.7. The van der Waals surface area contributed by atoms with E-state index in [2.05, 4.69) is 140 Å². The number of rotatable bonds is 1. The van der Waals surface area contributed by atoms with Crippen molar-refractivity contribution in [3.05, 3.63) is 112 Å². The zero-order valence-corrected chi connectivity index (χ0v) is 34.1. The first-order valence-electron chi connectivity index (χ1n) is 15.0. The minimum atomic E-state index is -4.23. The molecule has 0 fully saturated rings. The van der Waals surface area contributed by atoms with Gasteiger partial charge < -0.3 is 24.8 Å². The number of fused-ring (bicyclic) bond motifs is 3. The van der Waals surface area contributed by atoms with Crippen molar-refractivity contribution < 1.29 is 62.2 Å². The van der Waals surface area contributed by atoms with E-state index in [-0.39, 0.29) is 35.6 Å². The first-order chi connectivity index (χ1) is 20.2. The summed E-state index contributed by atoms with van der Waals surface area (Å²) in [5.41, 5.74) is 3.98. The molecule has 0 radical (unpaired) electrons. The maximum absolute atomic E-state index is 11.8. The molecule has 0 bridgehead atoms. The maximum Gasteiger partial charge on any atom is -1.00 e. The van der Waals surface area contributed by atoms with Gasteiger partial charge in [-0.25, -0.2) is 10.8 Å². The van der Waals surface area contributed by atoms with Crippen LogP contribution in [0.5, 0.6) is 0 Å². The molecule has 0 aliphatic heterocycles. The average Bonchev–Trinajstić information content (AvgIpc) is 3.47. The van der Waals surface area contributed by atoms with Crippen molar-refractivity contribution in [2.24, 2.45) is 5.92 Å². The number of hydrogen-bond acceptors (Lipinski definition) is 0. The van der Waals surface area contributed by atoms with Gasteiger partial charge in [0.25, 0.3) is 0 Å². The molecule has 0 aromatic heterocycles. The van der Waals surface area contributed by atoms with Gasteiger partial charge in [0, 0.05) is 0 Å². The van der Waals surface area contributed by atoms with E-state index < -0.39 is 19.8 Å². The Hall–Kier alpha value is -1.65. The molecule has 1 aliphatic carbocycles. The molecule has 5 rings (SSSR count). The zero-order valence-electron chi connectivity index (χ0n) is 29.1. The molecule has 250 valence electrons. The molecule has 4 aromatic rings. The van der Waals surface area contributed by atoms with Gasteiger partial charge in [-0.3, -0.25) is 6.08 Å². The van der Waals surface area contributed by atoms with Crippen molar-refractivity contribution >= 4 is 33.8 Å². The summed E-state index contributed by atoms with van der Waals surface area (Å²) in [4.78, 5) is 0. The Morgan fingerprint density at radius 1 is 0.739 bits per heavy atom. The van der Waals surface area contributed by atoms with Crippen LogP contribution in [0, 0.1) is 18.1 Å². The van der Waals surface area contributed by atoms with Gasteiger partial charge in [0.15, 0.2) is 0 Å². The molecule has 0 heterocycles. The fraction of sp³-hybridized carbons (Fsp3) is 0.385. The van der Waals surface area contributed by atoms with Crippen LogP contribution in [0.4, 0.5) is 13.2 Å². The SMILES string of the molecule is CC(C)(C)c1ccc2c(c1)[cH-]c1cc(C(C)(C)C)ccc12.CC1=[C-]C(C)C=C1[Si](C)(C)C.FC(F)(F)c1cc[c-]cc1.[CH2]=[Zr+2].[Cl-].[Cl-]. The summed E-state index contributed by atoms with van der Waals surface area (Å²) >= 11 is 1.30. The molecule has 1 unspecified atom stereocenters. The number of halogens is 5. The second kappa shape index (κ2) is 17.7. The summed E-state index contributed by atoms with van der Waals surface area (Å²) in [7, 11) is -1.07. The van der Waals surface area contributed by atoms with E-state index in [1.165, 1.54) is 74.6 Å². The third-order valence-corrected chi connectivity index (χ3v) is 9.71. The normalized spacial score (nSPS) is 14.7. The molecule has 4 aromatic carbocycles. The van der Waals surface area contributed by atoms with E-state index in [9.17, 15) is 13.2 Å². The summed E-state index contributed by atoms with van der Waals surface area (Å²) in [6.45, 7) is 25.2. The summed E-state index contributed by atoms with van der Waals surface area (Å²) in [6.07, 6.45) is 1.58. The molecule has 0 amide bonds. The predicted octanol–water partition coefficient (Wildman–Crippen LogP) is 5.98. The van der Waals surface area contributed by atoms with Crippen molar-refractivity contribution in [1.82, 2.24) is 0 Å². The number of alkyl halides is 3. The fourth-order valence-electron chi connectivity index (χ4n) is 5.18. The summed E-state index contributed by atoms with van der Waals surface area (Å²) in [6, 6.07) is 23.1. The van der Waals surface area contributed by atoms with Crippen LogP contribution in [0.25, 0.3) is 21.5 Å². The summed E-state index contributed by atoms with van der Waals surface area (Å²) in [5, 5.41) is 7.08. The van der Waals surface area contributed by atoms with E-state index in [4.69, 9.17) is 0 Å². The minimum absolute atomic E-state index is 0. The largest absolute Gasteiger partial charge is 1.00 e. The smallest absolute Gasteiger partial charge is 1.00 e. The molecule has 0 saturated carbocycles. The molecule has 0 spiro atoms. The maximum atomic E-state index is 11.8. The van der Waals surface area contributed by atoms with Gasteiger partial charge in [-0.15, -0.1) is 39.7 Å². The Balaban J connectivity index is 0.000000691. The van der Waals surface area contributed by atoms with Gasteiger partial charge >= 0.3 is 34.6 Å². The van der Waals surface area contributed by atoms with Crippen molar-refractivity contribution in [3.63, 3.8) is 0 Å². The third kappa shape index (κ3) is 12.4. The quantitative estimate of drug-likeness (QED) is 0.166. The molecule has 0 N–H and O–H groups in total. The van der Waals surface area contributed by atoms with Crippen LogP contribution in [0.3, 0.4) is 0 Å². The van der Waals surface area contributed by atoms with Crippen molar-refractivity contribution in [2.45, 2.75) is 92.0 Å². The Morgan fingerprint density at radius 2 is 1.15 bits per heavy atom. The molecule has 0 saturated heterocycles. The van der Waals surface area contributed by atoms with Crippen molar-refractivity contribution in [2.75, 3.05) is 0 Å². The summed E-state index contributed by atoms with van der Waals surface area (Å²) < 4.78 is 38.7. The second-order valence-corrected chi connectivity index (χ2v) is 19.5. The minimum Gasteiger partial charge on any atom is -1.00 e. The number of allylic oxidation sites excluding steroid dienone is 4. The number of hydrogen-bond donors (Lipinski definition) is 0. The van der Waals surface area contributed by atoms with Crippen LogP contribution in [-0.2, 0) is 41.2 Å². The number of benzene rings is 3. The van der Waals surface area contributed by atoms with Gasteiger partial charge in [-0.1, -0.05) is 122 Å². The Bertz CT molecular complexity index is 1530. The van der Waals surface area contributed by atoms with Crippen molar-refractivity contribution in [3.8, 4) is 0 Å². The molecular weight excluding hydrogens is 716 g/mol. The Morgan fingerprint density at radius 3 is 1.41 bits per heavy atom. The second-order valence-electron chi connectivity index (χ2n) is 14.4. The van der Waals surface area contributed by atoms with Crippen LogP contribution in [-0.4, -0.2) is 12.3 Å². The van der Waals surface area contributed by atoms with E-state index in [0.717, 1.165) is 12.1 Å². The van der Waals surface area contributed by atoms with E-state index in [1.807, 2.05) is 0 Å². The van der Waals surface area contributed by atoms with Gasteiger partial charge in [-0.05, 0) is 18.9 Å². The van der Waals surface area contributed by atoms with Crippen molar-refractivity contribution in [1.29, 1.82) is 0 Å². The van der Waals surface area contributed by atoms with E-state index in [0.29, 0.717) is 5.92 Å². The van der Waals surface area contributed by atoms with Crippen LogP contribution in [0.1, 0.15) is 72.1 Å². The topological polar surface area (TPSA) is 0 Å². The molecule has 1 aliphatic rings. The average molecular weight is 764 g/mol. The van der Waals surface area contributed by atoms with Crippen LogP contribution >= 0.6 is 0 Å². The standard InChI is InChI=1S/C21H25.C10H17Si.C7H4F3.CH2.2ClH.Zr/c1-20(2,3)16-7-9-18-14(12-16)11-15-13-17(21(4,5)6)8-10-19(15)18;1-8-6-9(2)10(7-8)11(3,4)5;8-7(9,10)6-4-2-1-3-5-6;;;;/h7-13H,1-6H3;7-8H,1-5H3;2-5H;1H2;2*1H;/q3*-1;;;;+2/p-2. The van der Waals surface area contributed by atoms with E-state index in [1.54, 1.807) is 5.20 Å². The molecule has 0 nitrogen and oxygen atoms in total. The first-order valence-corrected chi connectivity index (χ1v) is 20.3. The van der Waals surface area contributed by atoms with Gasteiger partial charge in [-0.2, -0.15) is 49.6 Å². The Kier molecular flexibility index (Phi) is 17.0. The summed E-state index contributed by atoms with van der Waals surface area (Å²) in [5.74, 6) is 0.553. The molecule has 1 atom stereocenters. The van der Waals surface area contributed by atoms with Gasteiger partial charge in [0.1, 0.15) is 0 Å². The molecule has 46 heavy (non-hydrogen) atoms. The predicted molar refractivity (Wildman–Crippen MR) is 185 cm³/mol. The Labute approximate surface area is 304 Å². The third-order valence-electron chi connectivity index (χ3n) is 7.55. The van der Waals surface area contributed by atoms with Crippen LogP contribution < -0.4 is 24.8 Å². The monoisotopic (exact) mass is 761 g/mol. The molecule has 7 heteroatoms.